The van der Waals surface area contributed by atoms with E-state index in [2.05, 4.69) is 10.4 Å². The summed E-state index contributed by atoms with van der Waals surface area (Å²) in [6.07, 6.45) is 0. The SMILES string of the molecule is COc1cccc(OCc2ccc(C(=O)NCCn3nc([N+](=O)[O-])cc3C)o2)c1. The highest BCUT2D eigenvalue weighted by molar-refractivity contribution is 5.91. The van der Waals surface area contributed by atoms with Crippen LogP contribution in [0.3, 0.4) is 0 Å². The molecular weight excluding hydrogens is 380 g/mol. The monoisotopic (exact) mass is 400 g/mol. The molecule has 1 aromatic carbocycles. The number of amides is 1. The lowest BCUT2D eigenvalue weighted by Crippen LogP contribution is -2.27. The van der Waals surface area contributed by atoms with Crippen LogP contribution in [-0.4, -0.2) is 34.3 Å². The number of methoxy groups -OCH3 is 1. The number of ether oxygens (including phenoxy) is 2. The van der Waals surface area contributed by atoms with Crippen LogP contribution in [0.15, 0.2) is 46.9 Å². The van der Waals surface area contributed by atoms with Gasteiger partial charge in [0.2, 0.25) is 0 Å². The summed E-state index contributed by atoms with van der Waals surface area (Å²) in [4.78, 5) is 22.4. The van der Waals surface area contributed by atoms with Gasteiger partial charge >= 0.3 is 5.82 Å². The molecule has 0 bridgehead atoms. The smallest absolute Gasteiger partial charge is 0.390 e. The van der Waals surface area contributed by atoms with Crippen LogP contribution in [0, 0.1) is 17.0 Å². The minimum Gasteiger partial charge on any atom is -0.497 e. The fourth-order valence-corrected chi connectivity index (χ4v) is 2.59. The Morgan fingerprint density at radius 3 is 2.79 bits per heavy atom. The van der Waals surface area contributed by atoms with Crippen molar-refractivity contribution in [3.05, 3.63) is 69.8 Å². The lowest BCUT2D eigenvalue weighted by molar-refractivity contribution is -0.389. The second-order valence-electron chi connectivity index (χ2n) is 6.11. The van der Waals surface area contributed by atoms with E-state index in [1.165, 1.54) is 10.7 Å². The highest BCUT2D eigenvalue weighted by Gasteiger charge is 2.16. The van der Waals surface area contributed by atoms with Crippen molar-refractivity contribution in [3.8, 4) is 11.5 Å². The van der Waals surface area contributed by atoms with E-state index in [1.807, 2.05) is 12.1 Å². The Morgan fingerprint density at radius 2 is 2.07 bits per heavy atom. The topological polar surface area (TPSA) is 122 Å². The second kappa shape index (κ2) is 8.91. The maximum absolute atomic E-state index is 12.2. The summed E-state index contributed by atoms with van der Waals surface area (Å²) >= 11 is 0. The number of hydrogen-bond acceptors (Lipinski definition) is 7. The van der Waals surface area contributed by atoms with E-state index in [1.54, 1.807) is 38.3 Å². The molecule has 3 aromatic rings. The molecule has 2 aromatic heterocycles. The van der Waals surface area contributed by atoms with Crippen LogP contribution in [0.2, 0.25) is 0 Å². The van der Waals surface area contributed by atoms with Crippen LogP contribution < -0.4 is 14.8 Å². The summed E-state index contributed by atoms with van der Waals surface area (Å²) < 4.78 is 17.7. The lowest BCUT2D eigenvalue weighted by Gasteiger charge is -2.06. The van der Waals surface area contributed by atoms with Crippen LogP contribution in [-0.2, 0) is 13.2 Å². The van der Waals surface area contributed by atoms with Crippen LogP contribution >= 0.6 is 0 Å². The van der Waals surface area contributed by atoms with Gasteiger partial charge in [0.15, 0.2) is 5.76 Å². The van der Waals surface area contributed by atoms with Gasteiger partial charge in [-0.3, -0.25) is 4.79 Å². The Kier molecular flexibility index (Phi) is 6.12. The first-order chi connectivity index (χ1) is 14.0. The largest absolute Gasteiger partial charge is 0.497 e. The highest BCUT2D eigenvalue weighted by atomic mass is 16.6. The summed E-state index contributed by atoms with van der Waals surface area (Å²) in [5.41, 5.74) is 0.640. The van der Waals surface area contributed by atoms with Crippen LogP contribution in [0.25, 0.3) is 0 Å². The van der Waals surface area contributed by atoms with E-state index in [0.717, 1.165) is 0 Å². The molecule has 3 rings (SSSR count). The number of nitro groups is 1. The number of carbonyl (C=O) groups excluding carboxylic acids is 1. The van der Waals surface area contributed by atoms with E-state index in [-0.39, 0.29) is 24.7 Å². The van der Waals surface area contributed by atoms with Gasteiger partial charge in [0, 0.05) is 12.6 Å². The van der Waals surface area contributed by atoms with E-state index < -0.39 is 10.8 Å². The third-order valence-electron chi connectivity index (χ3n) is 4.07. The molecule has 0 spiro atoms. The van der Waals surface area contributed by atoms with Gasteiger partial charge in [-0.1, -0.05) is 6.07 Å². The van der Waals surface area contributed by atoms with Crippen molar-refractivity contribution in [1.29, 1.82) is 0 Å². The van der Waals surface area contributed by atoms with Crippen molar-refractivity contribution in [1.82, 2.24) is 15.1 Å². The Balaban J connectivity index is 1.49. The summed E-state index contributed by atoms with van der Waals surface area (Å²) in [6.45, 7) is 2.42. The van der Waals surface area contributed by atoms with Gasteiger partial charge in [0.1, 0.15) is 23.9 Å². The highest BCUT2D eigenvalue weighted by Crippen LogP contribution is 2.20. The molecule has 0 unspecified atom stereocenters. The molecule has 0 fully saturated rings. The molecule has 152 valence electrons. The van der Waals surface area contributed by atoms with Crippen LogP contribution in [0.1, 0.15) is 22.0 Å². The van der Waals surface area contributed by atoms with Gasteiger partial charge in [0.25, 0.3) is 5.91 Å². The van der Waals surface area contributed by atoms with Gasteiger partial charge in [-0.05, 0) is 36.1 Å². The predicted molar refractivity (Wildman–Crippen MR) is 102 cm³/mol. The fraction of sp³-hybridized carbons (Fsp3) is 0.263. The van der Waals surface area contributed by atoms with Crippen molar-refractivity contribution in [2.45, 2.75) is 20.1 Å². The number of nitrogens with one attached hydrogen (secondary N) is 1. The van der Waals surface area contributed by atoms with Gasteiger partial charge in [-0.2, -0.15) is 4.68 Å². The Labute approximate surface area is 166 Å². The molecule has 0 aliphatic carbocycles. The number of carbonyl (C=O) groups is 1. The molecule has 1 amide bonds. The number of aryl methyl sites for hydroxylation is 1. The van der Waals surface area contributed by atoms with Gasteiger partial charge in [0.05, 0.1) is 30.5 Å². The third kappa shape index (κ3) is 5.12. The standard InChI is InChI=1S/C19H20N4O6/c1-13-10-18(23(25)26)21-22(13)9-8-20-19(24)17-7-6-16(29-17)12-28-15-5-3-4-14(11-15)27-2/h3-7,10-11H,8-9,12H2,1-2H3,(H,20,24). The molecule has 29 heavy (non-hydrogen) atoms. The molecule has 10 nitrogen and oxygen atoms in total. The number of benzene rings is 1. The predicted octanol–water partition coefficient (Wildman–Crippen LogP) is 2.71. The summed E-state index contributed by atoms with van der Waals surface area (Å²) in [5.74, 6) is 1.33. The van der Waals surface area contributed by atoms with Crippen LogP contribution in [0.5, 0.6) is 11.5 Å². The average molecular weight is 400 g/mol. The second-order valence-corrected chi connectivity index (χ2v) is 6.11. The molecule has 0 aliphatic heterocycles. The normalized spacial score (nSPS) is 10.6. The van der Waals surface area contributed by atoms with E-state index in [4.69, 9.17) is 13.9 Å². The Bertz CT molecular complexity index is 1010. The number of hydrogen-bond donors (Lipinski definition) is 1. The molecule has 0 aliphatic rings. The molecule has 0 saturated heterocycles. The van der Waals surface area contributed by atoms with Crippen molar-refractivity contribution in [2.75, 3.05) is 13.7 Å². The first-order valence-corrected chi connectivity index (χ1v) is 8.79. The number of nitrogens with zero attached hydrogens (tertiary/aromatic N) is 3. The molecule has 0 atom stereocenters. The molecular formula is C19H20N4O6. The quantitative estimate of drug-likeness (QED) is 0.433. The zero-order chi connectivity index (χ0) is 20.8. The van der Waals surface area contributed by atoms with Crippen molar-refractivity contribution < 1.29 is 23.6 Å². The zero-order valence-electron chi connectivity index (χ0n) is 16.0. The van der Waals surface area contributed by atoms with Crippen molar-refractivity contribution in [2.24, 2.45) is 0 Å². The average Bonchev–Trinajstić information content (AvgIpc) is 3.34. The van der Waals surface area contributed by atoms with Crippen LogP contribution in [0.4, 0.5) is 5.82 Å². The molecule has 0 saturated carbocycles. The van der Waals surface area contributed by atoms with Crippen molar-refractivity contribution in [3.63, 3.8) is 0 Å². The number of rotatable bonds is 9. The molecule has 10 heteroatoms. The first kappa shape index (κ1) is 19.9. The van der Waals surface area contributed by atoms with Crippen molar-refractivity contribution >= 4 is 11.7 Å². The fourth-order valence-electron chi connectivity index (χ4n) is 2.59. The molecule has 1 N–H and O–H groups in total. The minimum atomic E-state index is -0.556. The van der Waals surface area contributed by atoms with E-state index in [9.17, 15) is 14.9 Å². The number of furan rings is 1. The Hall–Kier alpha value is -3.82. The maximum Gasteiger partial charge on any atom is 0.390 e. The summed E-state index contributed by atoms with van der Waals surface area (Å²) in [5, 5.41) is 17.3. The Morgan fingerprint density at radius 1 is 1.28 bits per heavy atom. The third-order valence-corrected chi connectivity index (χ3v) is 4.07. The number of aromatic nitrogens is 2. The summed E-state index contributed by atoms with van der Waals surface area (Å²) in [7, 11) is 1.57. The lowest BCUT2D eigenvalue weighted by atomic mass is 10.3. The minimum absolute atomic E-state index is 0.150. The maximum atomic E-state index is 12.2. The van der Waals surface area contributed by atoms with Gasteiger partial charge < -0.3 is 29.3 Å². The van der Waals surface area contributed by atoms with E-state index in [0.29, 0.717) is 29.5 Å². The van der Waals surface area contributed by atoms with Gasteiger partial charge in [-0.15, -0.1) is 0 Å². The summed E-state index contributed by atoms with van der Waals surface area (Å²) in [6, 6.07) is 11.8. The molecule has 0 radical (unpaired) electrons. The van der Waals surface area contributed by atoms with Gasteiger partial charge in [-0.25, -0.2) is 0 Å². The molecule has 2 heterocycles. The first-order valence-electron chi connectivity index (χ1n) is 8.79. The van der Waals surface area contributed by atoms with E-state index >= 15 is 0 Å². The zero-order valence-corrected chi connectivity index (χ0v) is 16.0.